The van der Waals surface area contributed by atoms with Crippen LogP contribution < -0.4 is 4.74 Å². The number of hydrogen-bond donors (Lipinski definition) is 1. The molecule has 0 unspecified atom stereocenters. The lowest BCUT2D eigenvalue weighted by Gasteiger charge is -2.22. The molecule has 0 bridgehead atoms. The zero-order valence-corrected chi connectivity index (χ0v) is 18.6. The molecule has 1 aliphatic rings. The molecule has 9 heteroatoms. The number of carbonyl (C=O) groups is 2. The third-order valence-corrected chi connectivity index (χ3v) is 5.80. The van der Waals surface area contributed by atoms with Crippen LogP contribution in [-0.4, -0.2) is 67.2 Å². The van der Waals surface area contributed by atoms with Crippen LogP contribution in [0.1, 0.15) is 28.3 Å². The lowest BCUT2D eigenvalue weighted by molar-refractivity contribution is -0.130. The van der Waals surface area contributed by atoms with Gasteiger partial charge in [-0.3, -0.25) is 9.69 Å². The number of benzene rings is 1. The van der Waals surface area contributed by atoms with Crippen LogP contribution >= 0.6 is 15.9 Å². The highest BCUT2D eigenvalue weighted by atomic mass is 79.9. The Morgan fingerprint density at radius 1 is 1.17 bits per heavy atom. The second kappa shape index (κ2) is 9.99. The summed E-state index contributed by atoms with van der Waals surface area (Å²) in [5.74, 6) is 0.776. The summed E-state index contributed by atoms with van der Waals surface area (Å²) in [5.41, 5.74) is 0.765. The van der Waals surface area contributed by atoms with Gasteiger partial charge >= 0.3 is 5.97 Å². The van der Waals surface area contributed by atoms with Crippen LogP contribution in [0.3, 0.4) is 0 Å². The summed E-state index contributed by atoms with van der Waals surface area (Å²) in [6.45, 7) is 3.39. The third-order valence-electron chi connectivity index (χ3n) is 5.06. The van der Waals surface area contributed by atoms with Gasteiger partial charge in [-0.1, -0.05) is 15.9 Å². The van der Waals surface area contributed by atoms with Crippen molar-refractivity contribution < 1.29 is 28.6 Å². The van der Waals surface area contributed by atoms with Gasteiger partial charge in [-0.2, -0.15) is 0 Å². The number of methoxy groups -OCH3 is 2. The highest BCUT2D eigenvalue weighted by molar-refractivity contribution is 9.10. The quantitative estimate of drug-likeness (QED) is 0.635. The highest BCUT2D eigenvalue weighted by Gasteiger charge is 2.22. The molecular weight excluding hydrogens is 456 g/mol. The Bertz CT molecular complexity index is 913. The first-order valence-electron chi connectivity index (χ1n) is 9.63. The fourth-order valence-electron chi connectivity index (χ4n) is 3.43. The van der Waals surface area contributed by atoms with Gasteiger partial charge in [0.25, 0.3) is 0 Å². The van der Waals surface area contributed by atoms with Crippen LogP contribution in [0.15, 0.2) is 33.2 Å². The van der Waals surface area contributed by atoms with Gasteiger partial charge in [-0.05, 0) is 36.2 Å². The number of aromatic hydroxyl groups is 1. The van der Waals surface area contributed by atoms with Gasteiger partial charge in [0, 0.05) is 30.7 Å². The van der Waals surface area contributed by atoms with E-state index in [2.05, 4.69) is 25.6 Å². The van der Waals surface area contributed by atoms with Crippen LogP contribution in [0, 0.1) is 0 Å². The number of halogens is 1. The first-order valence-corrected chi connectivity index (χ1v) is 10.4. The van der Waals surface area contributed by atoms with E-state index in [0.29, 0.717) is 42.2 Å². The fraction of sp³-hybridized carbons (Fsp3) is 0.429. The van der Waals surface area contributed by atoms with Crippen molar-refractivity contribution in [1.82, 2.24) is 9.80 Å². The molecule has 0 aliphatic carbocycles. The van der Waals surface area contributed by atoms with Crippen LogP contribution in [0.5, 0.6) is 11.5 Å². The molecule has 1 N–H and O–H groups in total. The Balaban J connectivity index is 1.58. The van der Waals surface area contributed by atoms with Crippen LogP contribution in [0.25, 0.3) is 0 Å². The number of rotatable bonds is 6. The van der Waals surface area contributed by atoms with E-state index in [-0.39, 0.29) is 23.8 Å². The third kappa shape index (κ3) is 5.34. The Labute approximate surface area is 183 Å². The summed E-state index contributed by atoms with van der Waals surface area (Å²) >= 11 is 3.40. The first kappa shape index (κ1) is 22.2. The van der Waals surface area contributed by atoms with E-state index in [9.17, 15) is 14.7 Å². The topological polar surface area (TPSA) is 92.5 Å². The minimum absolute atomic E-state index is 0.0243. The van der Waals surface area contributed by atoms with Crippen molar-refractivity contribution in [2.24, 2.45) is 0 Å². The second-order valence-electron chi connectivity index (χ2n) is 7.06. The zero-order chi connectivity index (χ0) is 21.7. The predicted molar refractivity (Wildman–Crippen MR) is 113 cm³/mol. The molecule has 0 saturated carbocycles. The van der Waals surface area contributed by atoms with Crippen LogP contribution in [-0.2, 0) is 22.5 Å². The average Bonchev–Trinajstić information content (AvgIpc) is 3.07. The van der Waals surface area contributed by atoms with Crippen molar-refractivity contribution in [3.63, 3.8) is 0 Å². The van der Waals surface area contributed by atoms with Gasteiger partial charge in [0.15, 0.2) is 11.5 Å². The maximum absolute atomic E-state index is 12.8. The molecule has 0 radical (unpaired) electrons. The highest BCUT2D eigenvalue weighted by Crippen LogP contribution is 2.32. The molecule has 0 spiro atoms. The number of phenols is 1. The lowest BCUT2D eigenvalue weighted by atomic mass is 10.1. The molecule has 30 heavy (non-hydrogen) atoms. The Kier molecular flexibility index (Phi) is 7.38. The average molecular weight is 481 g/mol. The molecule has 1 fully saturated rings. The smallest absolute Gasteiger partial charge is 0.373 e. The standard InChI is InChI=1S/C21H25BrN2O6/c1-28-19-10-14(16(22)12-17(19)25)11-20(26)24-7-3-6-23(8-9-24)13-15-4-5-18(30-15)21(27)29-2/h4-5,10,12,25H,3,6-9,11,13H2,1-2H3. The number of furan rings is 1. The molecule has 1 aliphatic heterocycles. The number of hydrogen-bond acceptors (Lipinski definition) is 7. The van der Waals surface area contributed by atoms with Gasteiger partial charge in [0.2, 0.25) is 11.7 Å². The van der Waals surface area contributed by atoms with Crippen molar-refractivity contribution in [2.75, 3.05) is 40.4 Å². The Morgan fingerprint density at radius 2 is 1.97 bits per heavy atom. The fourth-order valence-corrected chi connectivity index (χ4v) is 3.90. The van der Waals surface area contributed by atoms with Crippen molar-refractivity contribution in [1.29, 1.82) is 0 Å². The monoisotopic (exact) mass is 480 g/mol. The minimum Gasteiger partial charge on any atom is -0.504 e. The molecule has 0 atom stereocenters. The Hall–Kier alpha value is -2.52. The van der Waals surface area contributed by atoms with Crippen molar-refractivity contribution in [3.05, 3.63) is 45.8 Å². The van der Waals surface area contributed by atoms with E-state index in [1.165, 1.54) is 20.3 Å². The van der Waals surface area contributed by atoms with Gasteiger partial charge in [0.05, 0.1) is 27.2 Å². The van der Waals surface area contributed by atoms with Crippen LogP contribution in [0.2, 0.25) is 0 Å². The SMILES string of the molecule is COC(=O)c1ccc(CN2CCCN(C(=O)Cc3cc(OC)c(O)cc3Br)CC2)o1. The molecule has 1 aromatic heterocycles. The van der Waals surface area contributed by atoms with E-state index in [1.54, 1.807) is 18.2 Å². The summed E-state index contributed by atoms with van der Waals surface area (Å²) in [4.78, 5) is 28.4. The summed E-state index contributed by atoms with van der Waals surface area (Å²) in [6, 6.07) is 6.60. The molecule has 2 aromatic rings. The molecule has 1 amide bonds. The van der Waals surface area contributed by atoms with Gasteiger partial charge in [-0.25, -0.2) is 4.79 Å². The summed E-state index contributed by atoms with van der Waals surface area (Å²) in [5, 5.41) is 9.84. The lowest BCUT2D eigenvalue weighted by Crippen LogP contribution is -2.36. The van der Waals surface area contributed by atoms with E-state index in [1.807, 2.05) is 4.90 Å². The van der Waals surface area contributed by atoms with E-state index >= 15 is 0 Å². The number of amides is 1. The van der Waals surface area contributed by atoms with E-state index in [0.717, 1.165) is 18.5 Å². The van der Waals surface area contributed by atoms with Gasteiger partial charge in [0.1, 0.15) is 5.76 Å². The molecular formula is C21H25BrN2O6. The van der Waals surface area contributed by atoms with E-state index in [4.69, 9.17) is 9.15 Å². The Morgan fingerprint density at radius 3 is 2.70 bits per heavy atom. The molecule has 2 heterocycles. The second-order valence-corrected chi connectivity index (χ2v) is 7.91. The number of carbonyl (C=O) groups excluding carboxylic acids is 2. The number of phenolic OH excluding ortho intramolecular Hbond substituents is 1. The summed E-state index contributed by atoms with van der Waals surface area (Å²) < 4.78 is 16.0. The largest absolute Gasteiger partial charge is 0.504 e. The summed E-state index contributed by atoms with van der Waals surface area (Å²) in [6.07, 6.45) is 1.06. The molecule has 8 nitrogen and oxygen atoms in total. The molecule has 3 rings (SSSR count). The maximum atomic E-state index is 12.8. The first-order chi connectivity index (χ1) is 14.4. The van der Waals surface area contributed by atoms with Crippen molar-refractivity contribution in [2.45, 2.75) is 19.4 Å². The summed E-state index contributed by atoms with van der Waals surface area (Å²) in [7, 11) is 2.79. The molecule has 1 aromatic carbocycles. The van der Waals surface area contributed by atoms with Gasteiger partial charge in [-0.15, -0.1) is 0 Å². The number of esters is 1. The minimum atomic E-state index is -0.495. The van der Waals surface area contributed by atoms with E-state index < -0.39 is 5.97 Å². The maximum Gasteiger partial charge on any atom is 0.373 e. The number of nitrogens with zero attached hydrogens (tertiary/aromatic N) is 2. The molecule has 1 saturated heterocycles. The molecule has 162 valence electrons. The zero-order valence-electron chi connectivity index (χ0n) is 17.0. The van der Waals surface area contributed by atoms with Crippen molar-refractivity contribution >= 4 is 27.8 Å². The normalized spacial score (nSPS) is 15.0. The van der Waals surface area contributed by atoms with Gasteiger partial charge < -0.3 is 23.9 Å². The number of ether oxygens (including phenoxy) is 2. The predicted octanol–water partition coefficient (Wildman–Crippen LogP) is 2.82. The van der Waals surface area contributed by atoms with Crippen molar-refractivity contribution in [3.8, 4) is 11.5 Å². The van der Waals surface area contributed by atoms with Crippen LogP contribution in [0.4, 0.5) is 0 Å².